The molecule has 0 spiro atoms. The van der Waals surface area contributed by atoms with Gasteiger partial charge in [0.15, 0.2) is 5.78 Å². The number of aromatic hydroxyl groups is 1. The zero-order valence-corrected chi connectivity index (χ0v) is 23.5. The van der Waals surface area contributed by atoms with E-state index in [0.717, 1.165) is 5.56 Å². The molecule has 3 aromatic rings. The van der Waals surface area contributed by atoms with Crippen LogP contribution in [-0.4, -0.2) is 29.4 Å². The van der Waals surface area contributed by atoms with Crippen molar-refractivity contribution in [3.63, 3.8) is 0 Å². The summed E-state index contributed by atoms with van der Waals surface area (Å²) in [6, 6.07) is 17.9. The molecule has 1 aliphatic heterocycles. The Balaban J connectivity index is 1.65. The van der Waals surface area contributed by atoms with E-state index in [1.807, 2.05) is 44.2 Å². The number of ketones is 1. The molecule has 0 fully saturated rings. The molecule has 0 saturated heterocycles. The highest BCUT2D eigenvalue weighted by Gasteiger charge is 2.44. The average molecular weight is 575 g/mol. The number of rotatable bonds is 6. The van der Waals surface area contributed by atoms with Crippen LogP contribution in [0.1, 0.15) is 43.9 Å². The Bertz CT molecular complexity index is 1550. The van der Waals surface area contributed by atoms with Crippen molar-refractivity contribution in [1.82, 2.24) is 5.32 Å². The smallest absolute Gasteiger partial charge is 0.323 e. The molecule has 0 bridgehead atoms. The number of para-hydroxylation sites is 1. The number of urea groups is 1. The molecule has 212 valence electrons. The largest absolute Gasteiger partial charge is 0.506 e. The topological polar surface area (TPSA) is 134 Å². The number of allylic oxidation sites excluding steroid dienone is 1. The first kappa shape index (κ1) is 28.0. The van der Waals surface area contributed by atoms with Crippen molar-refractivity contribution >= 4 is 40.7 Å². The molecule has 5 N–H and O–H groups in total. The number of hydrogen-bond acceptors (Lipinski definition) is 6. The summed E-state index contributed by atoms with van der Waals surface area (Å²) < 4.78 is 5.95. The lowest BCUT2D eigenvalue weighted by molar-refractivity contribution is -0.118. The maximum Gasteiger partial charge on any atom is 0.323 e. The number of carbonyl (C=O) groups is 3. The van der Waals surface area contributed by atoms with Crippen LogP contribution in [0.3, 0.4) is 0 Å². The van der Waals surface area contributed by atoms with Gasteiger partial charge in [-0.05, 0) is 47.2 Å². The second kappa shape index (κ2) is 11.2. The number of fused-ring (bicyclic) bond motifs is 1. The van der Waals surface area contributed by atoms with Crippen molar-refractivity contribution in [2.75, 3.05) is 16.8 Å². The number of primary amides is 1. The third-order valence-corrected chi connectivity index (χ3v) is 7.48. The van der Waals surface area contributed by atoms with E-state index in [2.05, 4.69) is 10.6 Å². The Labute approximate surface area is 242 Å². The maximum absolute atomic E-state index is 13.8. The number of phenolic OH excluding ortho intramolecular Hbond substituents is 1. The van der Waals surface area contributed by atoms with Gasteiger partial charge in [-0.25, -0.2) is 4.79 Å². The first-order valence-electron chi connectivity index (χ1n) is 13.2. The Morgan fingerprint density at radius 1 is 1.12 bits per heavy atom. The number of anilines is 2. The van der Waals surface area contributed by atoms with Crippen molar-refractivity contribution < 1.29 is 24.2 Å². The molecule has 3 aromatic carbocycles. The molecule has 41 heavy (non-hydrogen) atoms. The van der Waals surface area contributed by atoms with E-state index in [1.54, 1.807) is 30.3 Å². The summed E-state index contributed by atoms with van der Waals surface area (Å²) in [5.74, 6) is -0.474. The van der Waals surface area contributed by atoms with Gasteiger partial charge in [0, 0.05) is 22.7 Å². The van der Waals surface area contributed by atoms with E-state index in [1.165, 1.54) is 11.0 Å². The van der Waals surface area contributed by atoms with E-state index in [9.17, 15) is 19.5 Å². The lowest BCUT2D eigenvalue weighted by Crippen LogP contribution is -2.47. The monoisotopic (exact) mass is 574 g/mol. The molecule has 3 amide bonds. The molecule has 5 rings (SSSR count). The normalized spacial score (nSPS) is 17.6. The van der Waals surface area contributed by atoms with E-state index >= 15 is 0 Å². The number of benzene rings is 3. The average Bonchev–Trinajstić information content (AvgIpc) is 3.06. The second-order valence-electron chi connectivity index (χ2n) is 11.0. The fourth-order valence-electron chi connectivity index (χ4n) is 5.37. The Hall–Kier alpha value is -4.50. The van der Waals surface area contributed by atoms with E-state index in [-0.39, 0.29) is 34.1 Å². The summed E-state index contributed by atoms with van der Waals surface area (Å²) in [5.41, 5.74) is 7.93. The molecule has 0 saturated carbocycles. The molecule has 9 nitrogen and oxygen atoms in total. The number of carbonyl (C=O) groups excluding carboxylic acids is 3. The minimum absolute atomic E-state index is 0.103. The van der Waals surface area contributed by atoms with Crippen molar-refractivity contribution in [1.29, 1.82) is 0 Å². The van der Waals surface area contributed by atoms with Gasteiger partial charge in [0.1, 0.15) is 23.8 Å². The highest BCUT2D eigenvalue weighted by atomic mass is 35.5. The van der Waals surface area contributed by atoms with Gasteiger partial charge in [-0.1, -0.05) is 67.9 Å². The summed E-state index contributed by atoms with van der Waals surface area (Å²) >= 11 is 6.87. The highest BCUT2D eigenvalue weighted by molar-refractivity contribution is 6.31. The van der Waals surface area contributed by atoms with Gasteiger partial charge in [0.2, 0.25) is 5.91 Å². The zero-order valence-electron chi connectivity index (χ0n) is 22.7. The highest BCUT2D eigenvalue weighted by Crippen LogP contribution is 2.51. The van der Waals surface area contributed by atoms with Crippen LogP contribution in [0, 0.1) is 5.41 Å². The van der Waals surface area contributed by atoms with Crippen molar-refractivity contribution in [3.8, 4) is 11.5 Å². The third kappa shape index (κ3) is 5.85. The molecule has 10 heteroatoms. The fraction of sp³-hybridized carbons (Fsp3) is 0.258. The van der Waals surface area contributed by atoms with Crippen LogP contribution in [-0.2, 0) is 16.2 Å². The van der Waals surface area contributed by atoms with Gasteiger partial charge in [-0.15, -0.1) is 0 Å². The molecule has 0 radical (unpaired) electrons. The van der Waals surface area contributed by atoms with Crippen LogP contribution in [0.5, 0.6) is 11.5 Å². The molecule has 0 aromatic heterocycles. The minimum atomic E-state index is -0.979. The maximum atomic E-state index is 13.8. The van der Waals surface area contributed by atoms with Crippen LogP contribution in [0.4, 0.5) is 16.2 Å². The summed E-state index contributed by atoms with van der Waals surface area (Å²) in [5, 5.41) is 16.9. The van der Waals surface area contributed by atoms with Gasteiger partial charge in [0.25, 0.3) is 0 Å². The molecule has 2 aliphatic rings. The number of hydrogen-bond donors (Lipinski definition) is 4. The van der Waals surface area contributed by atoms with Crippen LogP contribution >= 0.6 is 11.6 Å². The zero-order chi connectivity index (χ0) is 29.3. The number of ether oxygens (including phenoxy) is 1. The quantitative estimate of drug-likeness (QED) is 0.290. The predicted octanol–water partition coefficient (Wildman–Crippen LogP) is 5.44. The van der Waals surface area contributed by atoms with E-state index < -0.39 is 24.5 Å². The predicted molar refractivity (Wildman–Crippen MR) is 157 cm³/mol. The number of phenols is 1. The lowest BCUT2D eigenvalue weighted by atomic mass is 9.73. The number of nitrogens with one attached hydrogen (secondary N) is 2. The second-order valence-corrected chi connectivity index (χ2v) is 11.4. The van der Waals surface area contributed by atoms with Gasteiger partial charge < -0.3 is 26.2 Å². The number of Topliss-reactive ketones (excluding diaryl/α,β-unsaturated/α-hetero) is 1. The molecule has 1 unspecified atom stereocenters. The molecule has 1 atom stereocenters. The van der Waals surface area contributed by atoms with Crippen LogP contribution in [0.2, 0.25) is 5.02 Å². The van der Waals surface area contributed by atoms with E-state index in [4.69, 9.17) is 22.1 Å². The first-order chi connectivity index (χ1) is 19.5. The van der Waals surface area contributed by atoms with Gasteiger partial charge in [0.05, 0.1) is 18.3 Å². The van der Waals surface area contributed by atoms with Crippen LogP contribution < -0.4 is 26.0 Å². The van der Waals surface area contributed by atoms with Crippen LogP contribution in [0.25, 0.3) is 0 Å². The first-order valence-corrected chi connectivity index (χ1v) is 13.6. The summed E-state index contributed by atoms with van der Waals surface area (Å²) in [6.45, 7) is 3.90. The summed E-state index contributed by atoms with van der Waals surface area (Å²) in [6.07, 6.45) is 0.740. The molecule has 1 heterocycles. The molecule has 1 aliphatic carbocycles. The SMILES string of the molecule is CC1(C)CC(=O)C2=C(C1)Nc1c(O)cccc1N(C(=O)NCC(N)=O)C2c1ccc(OCc2ccccc2)cc1Cl. The number of halogens is 1. The fourth-order valence-corrected chi connectivity index (χ4v) is 5.64. The number of nitrogens with two attached hydrogens (primary N) is 1. The Kier molecular flexibility index (Phi) is 7.64. The Morgan fingerprint density at radius 3 is 2.59 bits per heavy atom. The van der Waals surface area contributed by atoms with Crippen molar-refractivity contribution in [2.24, 2.45) is 11.1 Å². The number of amides is 3. The van der Waals surface area contributed by atoms with Crippen molar-refractivity contribution in [2.45, 2.75) is 39.3 Å². The number of nitrogens with zero attached hydrogens (tertiary/aromatic N) is 1. The van der Waals surface area contributed by atoms with Gasteiger partial charge >= 0.3 is 6.03 Å². The minimum Gasteiger partial charge on any atom is -0.506 e. The molecular formula is C31H31ClN4O5. The van der Waals surface area contributed by atoms with Gasteiger partial charge in [-0.2, -0.15) is 0 Å². The van der Waals surface area contributed by atoms with E-state index in [0.29, 0.717) is 41.3 Å². The van der Waals surface area contributed by atoms with Crippen LogP contribution in [0.15, 0.2) is 78.0 Å². The summed E-state index contributed by atoms with van der Waals surface area (Å²) in [7, 11) is 0. The summed E-state index contributed by atoms with van der Waals surface area (Å²) in [4.78, 5) is 40.5. The standard InChI is InChI=1S/C31H31ClN4O5/c1-31(2)14-22-27(25(38)15-31)29(20-12-11-19(13-21(20)32)41-17-18-7-4-3-5-8-18)36(30(40)34-16-26(33)39)23-9-6-10-24(37)28(23)35-22/h3-13,29,35,37H,14-17H2,1-2H3,(H2,33,39)(H,34,40). The third-order valence-electron chi connectivity index (χ3n) is 7.15. The lowest BCUT2D eigenvalue weighted by Gasteiger charge is -2.37. The van der Waals surface area contributed by atoms with Crippen molar-refractivity contribution in [3.05, 3.63) is 94.1 Å². The molecular weight excluding hydrogens is 544 g/mol. The van der Waals surface area contributed by atoms with Gasteiger partial charge in [-0.3, -0.25) is 14.5 Å². The Morgan fingerprint density at radius 2 is 1.88 bits per heavy atom.